The molecule has 2 heteroatoms. The standard InChI is InChI=1S/C14H14N2/c1-16(2)14(10-15)13-8-7-11-5-3-4-6-12(11)9-13/h3-9,14H,1-2H3. The van der Waals surface area contributed by atoms with Gasteiger partial charge in [0.05, 0.1) is 6.07 Å². The summed E-state index contributed by atoms with van der Waals surface area (Å²) in [5, 5.41) is 11.5. The van der Waals surface area contributed by atoms with E-state index in [9.17, 15) is 0 Å². The summed E-state index contributed by atoms with van der Waals surface area (Å²) in [6.07, 6.45) is 0. The summed E-state index contributed by atoms with van der Waals surface area (Å²) >= 11 is 0. The van der Waals surface area contributed by atoms with Crippen LogP contribution in [0.3, 0.4) is 0 Å². The predicted molar refractivity (Wildman–Crippen MR) is 66.0 cm³/mol. The lowest BCUT2D eigenvalue weighted by atomic mass is 10.0. The van der Waals surface area contributed by atoms with E-state index >= 15 is 0 Å². The molecule has 0 radical (unpaired) electrons. The largest absolute Gasteiger partial charge is 0.291 e. The first-order valence-electron chi connectivity index (χ1n) is 5.27. The highest BCUT2D eigenvalue weighted by Crippen LogP contribution is 2.22. The van der Waals surface area contributed by atoms with Gasteiger partial charge in [-0.1, -0.05) is 36.4 Å². The summed E-state index contributed by atoms with van der Waals surface area (Å²) in [6.45, 7) is 0. The lowest BCUT2D eigenvalue weighted by Crippen LogP contribution is -2.18. The van der Waals surface area contributed by atoms with Crippen molar-refractivity contribution in [2.24, 2.45) is 0 Å². The van der Waals surface area contributed by atoms with Gasteiger partial charge in [-0.05, 0) is 36.5 Å². The summed E-state index contributed by atoms with van der Waals surface area (Å²) < 4.78 is 0. The maximum atomic E-state index is 9.13. The summed E-state index contributed by atoms with van der Waals surface area (Å²) in [5.41, 5.74) is 1.05. The summed E-state index contributed by atoms with van der Waals surface area (Å²) in [6, 6.07) is 16.5. The van der Waals surface area contributed by atoms with Crippen LogP contribution in [0.15, 0.2) is 42.5 Å². The van der Waals surface area contributed by atoms with E-state index in [1.807, 2.05) is 37.2 Å². The molecule has 0 saturated carbocycles. The zero-order valence-corrected chi connectivity index (χ0v) is 9.51. The molecule has 0 amide bonds. The number of nitriles is 1. The van der Waals surface area contributed by atoms with Gasteiger partial charge in [0.2, 0.25) is 0 Å². The van der Waals surface area contributed by atoms with E-state index < -0.39 is 0 Å². The highest BCUT2D eigenvalue weighted by Gasteiger charge is 2.12. The third kappa shape index (κ3) is 1.91. The summed E-state index contributed by atoms with van der Waals surface area (Å²) in [7, 11) is 3.84. The minimum Gasteiger partial charge on any atom is -0.291 e. The van der Waals surface area contributed by atoms with Crippen LogP contribution in [0.25, 0.3) is 10.8 Å². The molecule has 0 heterocycles. The fourth-order valence-electron chi connectivity index (χ4n) is 1.87. The predicted octanol–water partition coefficient (Wildman–Crippen LogP) is 2.97. The molecule has 0 N–H and O–H groups in total. The van der Waals surface area contributed by atoms with Crippen molar-refractivity contribution in [2.75, 3.05) is 14.1 Å². The Morgan fingerprint density at radius 3 is 2.38 bits per heavy atom. The van der Waals surface area contributed by atoms with Gasteiger partial charge in [-0.2, -0.15) is 5.26 Å². The van der Waals surface area contributed by atoms with Crippen molar-refractivity contribution in [3.8, 4) is 6.07 Å². The Labute approximate surface area is 95.7 Å². The normalized spacial score (nSPS) is 12.6. The fourth-order valence-corrected chi connectivity index (χ4v) is 1.87. The van der Waals surface area contributed by atoms with Gasteiger partial charge in [-0.15, -0.1) is 0 Å². The molecule has 1 unspecified atom stereocenters. The molecular formula is C14H14N2. The highest BCUT2D eigenvalue weighted by molar-refractivity contribution is 5.83. The van der Waals surface area contributed by atoms with Crippen molar-refractivity contribution in [3.05, 3.63) is 48.0 Å². The first kappa shape index (κ1) is 10.7. The van der Waals surface area contributed by atoms with E-state index in [-0.39, 0.29) is 6.04 Å². The van der Waals surface area contributed by atoms with Gasteiger partial charge in [-0.25, -0.2) is 0 Å². The Balaban J connectivity index is 2.51. The number of hydrogen-bond acceptors (Lipinski definition) is 2. The summed E-state index contributed by atoms with van der Waals surface area (Å²) in [5.74, 6) is 0. The molecule has 16 heavy (non-hydrogen) atoms. The van der Waals surface area contributed by atoms with Crippen molar-refractivity contribution < 1.29 is 0 Å². The van der Waals surface area contributed by atoms with Crippen molar-refractivity contribution >= 4 is 10.8 Å². The number of hydrogen-bond donors (Lipinski definition) is 0. The third-order valence-corrected chi connectivity index (χ3v) is 2.73. The van der Waals surface area contributed by atoms with E-state index in [0.29, 0.717) is 0 Å². The summed E-state index contributed by atoms with van der Waals surface area (Å²) in [4.78, 5) is 1.92. The van der Waals surface area contributed by atoms with Crippen LogP contribution in [0.2, 0.25) is 0 Å². The van der Waals surface area contributed by atoms with Gasteiger partial charge in [0, 0.05) is 0 Å². The molecule has 0 spiro atoms. The lowest BCUT2D eigenvalue weighted by Gasteiger charge is -2.17. The molecule has 0 fully saturated rings. The molecule has 0 aliphatic heterocycles. The van der Waals surface area contributed by atoms with Gasteiger partial charge in [0.25, 0.3) is 0 Å². The van der Waals surface area contributed by atoms with Crippen LogP contribution in [-0.2, 0) is 0 Å². The first-order valence-corrected chi connectivity index (χ1v) is 5.27. The second-order valence-electron chi connectivity index (χ2n) is 4.10. The molecule has 0 aromatic heterocycles. The minimum absolute atomic E-state index is 0.176. The molecule has 1 atom stereocenters. The van der Waals surface area contributed by atoms with Gasteiger partial charge >= 0.3 is 0 Å². The Morgan fingerprint density at radius 1 is 1.06 bits per heavy atom. The van der Waals surface area contributed by atoms with E-state index in [0.717, 1.165) is 5.56 Å². The maximum Gasteiger partial charge on any atom is 0.123 e. The molecule has 2 nitrogen and oxygen atoms in total. The van der Waals surface area contributed by atoms with E-state index in [1.165, 1.54) is 10.8 Å². The van der Waals surface area contributed by atoms with Crippen LogP contribution in [0, 0.1) is 11.3 Å². The minimum atomic E-state index is -0.176. The molecule has 80 valence electrons. The van der Waals surface area contributed by atoms with Crippen molar-refractivity contribution in [3.63, 3.8) is 0 Å². The highest BCUT2D eigenvalue weighted by atomic mass is 15.1. The Kier molecular flexibility index (Phi) is 2.89. The smallest absolute Gasteiger partial charge is 0.123 e. The maximum absolute atomic E-state index is 9.13. The molecule has 0 aliphatic carbocycles. The van der Waals surface area contributed by atoms with Gasteiger partial charge in [0.15, 0.2) is 0 Å². The second kappa shape index (κ2) is 4.34. The van der Waals surface area contributed by atoms with Gasteiger partial charge < -0.3 is 0 Å². The molecule has 0 bridgehead atoms. The Hall–Kier alpha value is -1.85. The lowest BCUT2D eigenvalue weighted by molar-refractivity contribution is 0.358. The van der Waals surface area contributed by atoms with Crippen LogP contribution in [0.4, 0.5) is 0 Å². The van der Waals surface area contributed by atoms with Crippen LogP contribution < -0.4 is 0 Å². The molecule has 0 saturated heterocycles. The number of nitrogens with zero attached hydrogens (tertiary/aromatic N) is 2. The van der Waals surface area contributed by atoms with Crippen molar-refractivity contribution in [1.82, 2.24) is 4.90 Å². The Bertz CT molecular complexity index is 538. The van der Waals surface area contributed by atoms with E-state index in [2.05, 4.69) is 30.3 Å². The van der Waals surface area contributed by atoms with E-state index in [1.54, 1.807) is 0 Å². The van der Waals surface area contributed by atoms with Crippen LogP contribution in [0.5, 0.6) is 0 Å². The SMILES string of the molecule is CN(C)C(C#N)c1ccc2ccccc2c1. The number of benzene rings is 2. The van der Waals surface area contributed by atoms with Crippen LogP contribution in [0.1, 0.15) is 11.6 Å². The topological polar surface area (TPSA) is 27.0 Å². The molecular weight excluding hydrogens is 196 g/mol. The number of rotatable bonds is 2. The van der Waals surface area contributed by atoms with Gasteiger partial charge in [0.1, 0.15) is 6.04 Å². The average Bonchev–Trinajstić information content (AvgIpc) is 2.29. The third-order valence-electron chi connectivity index (χ3n) is 2.73. The van der Waals surface area contributed by atoms with E-state index in [4.69, 9.17) is 5.26 Å². The van der Waals surface area contributed by atoms with Crippen molar-refractivity contribution in [1.29, 1.82) is 5.26 Å². The fraction of sp³-hybridized carbons (Fsp3) is 0.214. The second-order valence-corrected chi connectivity index (χ2v) is 4.10. The monoisotopic (exact) mass is 210 g/mol. The zero-order chi connectivity index (χ0) is 11.5. The number of fused-ring (bicyclic) bond motifs is 1. The molecule has 2 aromatic carbocycles. The zero-order valence-electron chi connectivity index (χ0n) is 9.51. The molecule has 2 rings (SSSR count). The van der Waals surface area contributed by atoms with Gasteiger partial charge in [-0.3, -0.25) is 4.90 Å². The van der Waals surface area contributed by atoms with Crippen LogP contribution in [-0.4, -0.2) is 19.0 Å². The molecule has 0 aliphatic rings. The molecule has 2 aromatic rings. The van der Waals surface area contributed by atoms with Crippen molar-refractivity contribution in [2.45, 2.75) is 6.04 Å². The Morgan fingerprint density at radius 2 is 1.75 bits per heavy atom. The quantitative estimate of drug-likeness (QED) is 0.762. The first-order chi connectivity index (χ1) is 7.72. The average molecular weight is 210 g/mol. The van der Waals surface area contributed by atoms with Crippen LogP contribution >= 0.6 is 0 Å².